The smallest absolute Gasteiger partial charge is 0.408 e. The number of carbonyl (C=O) groups is 4. The number of nitrogens with zero attached hydrogens (tertiary/aromatic N) is 1. The van der Waals surface area contributed by atoms with Crippen molar-refractivity contribution in [2.24, 2.45) is 5.73 Å². The van der Waals surface area contributed by atoms with Gasteiger partial charge in [-0.15, -0.1) is 0 Å². The molecule has 0 spiro atoms. The zero-order chi connectivity index (χ0) is 28.0. The van der Waals surface area contributed by atoms with E-state index in [0.717, 1.165) is 32.1 Å². The fourth-order valence-corrected chi connectivity index (χ4v) is 4.47. The fraction of sp³-hybridized carbons (Fsp3) is 0.630. The Balaban J connectivity index is 2.50. The van der Waals surface area contributed by atoms with Crippen LogP contribution < -0.4 is 16.4 Å². The van der Waals surface area contributed by atoms with Crippen molar-refractivity contribution in [3.63, 3.8) is 0 Å². The number of hydrogen-bond donors (Lipinski definition) is 4. The van der Waals surface area contributed by atoms with Gasteiger partial charge in [0.1, 0.15) is 23.4 Å². The minimum atomic E-state index is -1.35. The van der Waals surface area contributed by atoms with Crippen molar-refractivity contribution in [1.82, 2.24) is 15.5 Å². The van der Waals surface area contributed by atoms with Gasteiger partial charge in [-0.25, -0.2) is 4.79 Å². The SMILES string of the molecule is CC(C)(C)OC(=O)NC(CC(N)=O)C(=O)N(C(C(=O)NC1CCCCC1)c1ccc(O)cc1)C(C)(C)C. The van der Waals surface area contributed by atoms with E-state index in [2.05, 4.69) is 10.6 Å². The quantitative estimate of drug-likeness (QED) is 0.415. The lowest BCUT2D eigenvalue weighted by atomic mass is 9.92. The summed E-state index contributed by atoms with van der Waals surface area (Å²) in [7, 11) is 0. The zero-order valence-electron chi connectivity index (χ0n) is 22.8. The third kappa shape index (κ3) is 9.26. The van der Waals surface area contributed by atoms with Gasteiger partial charge in [0.2, 0.25) is 17.7 Å². The van der Waals surface area contributed by atoms with E-state index in [1.807, 2.05) is 0 Å². The molecule has 2 unspecified atom stereocenters. The third-order valence-corrected chi connectivity index (χ3v) is 6.02. The van der Waals surface area contributed by atoms with Crippen LogP contribution in [-0.4, -0.2) is 57.0 Å². The van der Waals surface area contributed by atoms with E-state index >= 15 is 0 Å². The molecule has 1 aromatic rings. The summed E-state index contributed by atoms with van der Waals surface area (Å²) in [5, 5.41) is 15.4. The Bertz CT molecular complexity index is 959. The van der Waals surface area contributed by atoms with E-state index in [-0.39, 0.29) is 17.7 Å². The van der Waals surface area contributed by atoms with Crippen molar-refractivity contribution in [3.8, 4) is 5.75 Å². The molecule has 1 aromatic carbocycles. The molecule has 0 saturated heterocycles. The number of aromatic hydroxyl groups is 1. The largest absolute Gasteiger partial charge is 0.508 e. The molecular formula is C27H42N4O6. The molecule has 10 heteroatoms. The monoisotopic (exact) mass is 518 g/mol. The highest BCUT2D eigenvalue weighted by molar-refractivity contribution is 5.95. The van der Waals surface area contributed by atoms with Gasteiger partial charge >= 0.3 is 6.09 Å². The van der Waals surface area contributed by atoms with Gasteiger partial charge in [0.25, 0.3) is 0 Å². The lowest BCUT2D eigenvalue weighted by Crippen LogP contribution is -2.59. The van der Waals surface area contributed by atoms with Crippen molar-refractivity contribution in [1.29, 1.82) is 0 Å². The maximum absolute atomic E-state index is 14.0. The molecule has 1 aliphatic carbocycles. The Morgan fingerprint density at radius 1 is 1.03 bits per heavy atom. The molecule has 1 fully saturated rings. The van der Waals surface area contributed by atoms with Gasteiger partial charge in [-0.3, -0.25) is 14.4 Å². The Morgan fingerprint density at radius 2 is 1.59 bits per heavy atom. The van der Waals surface area contributed by atoms with E-state index in [0.29, 0.717) is 5.56 Å². The first-order chi connectivity index (χ1) is 17.1. The average molecular weight is 519 g/mol. The number of carbonyl (C=O) groups excluding carboxylic acids is 4. The fourth-order valence-electron chi connectivity index (χ4n) is 4.47. The Labute approximate surface area is 219 Å². The molecule has 0 radical (unpaired) electrons. The second-order valence-electron chi connectivity index (χ2n) is 11.6. The summed E-state index contributed by atoms with van der Waals surface area (Å²) in [6.07, 6.45) is 3.48. The van der Waals surface area contributed by atoms with Crippen LogP contribution in [0.4, 0.5) is 4.79 Å². The van der Waals surface area contributed by atoms with Crippen LogP contribution in [0.15, 0.2) is 24.3 Å². The minimum Gasteiger partial charge on any atom is -0.508 e. The maximum Gasteiger partial charge on any atom is 0.408 e. The van der Waals surface area contributed by atoms with Gasteiger partial charge in [-0.2, -0.15) is 0 Å². The molecule has 1 aliphatic rings. The summed E-state index contributed by atoms with van der Waals surface area (Å²) in [5.74, 6) is -1.82. The summed E-state index contributed by atoms with van der Waals surface area (Å²) in [6.45, 7) is 10.3. The number of phenols is 1. The molecule has 2 atom stereocenters. The summed E-state index contributed by atoms with van der Waals surface area (Å²) >= 11 is 0. The van der Waals surface area contributed by atoms with Crippen LogP contribution >= 0.6 is 0 Å². The summed E-state index contributed by atoms with van der Waals surface area (Å²) in [4.78, 5) is 53.6. The van der Waals surface area contributed by atoms with E-state index in [1.165, 1.54) is 17.0 Å². The molecule has 5 N–H and O–H groups in total. The van der Waals surface area contributed by atoms with Crippen LogP contribution in [0, 0.1) is 0 Å². The van der Waals surface area contributed by atoms with Crippen molar-refractivity contribution in [2.45, 2.75) is 109 Å². The van der Waals surface area contributed by atoms with Gasteiger partial charge in [0, 0.05) is 11.6 Å². The molecule has 0 bridgehead atoms. The van der Waals surface area contributed by atoms with Crippen LogP contribution in [0.2, 0.25) is 0 Å². The first-order valence-electron chi connectivity index (χ1n) is 12.8. The number of primary amides is 1. The molecule has 0 heterocycles. The molecule has 0 aromatic heterocycles. The molecular weight excluding hydrogens is 476 g/mol. The number of nitrogens with two attached hydrogens (primary N) is 1. The lowest BCUT2D eigenvalue weighted by Gasteiger charge is -2.43. The van der Waals surface area contributed by atoms with Crippen LogP contribution in [0.1, 0.15) is 91.7 Å². The Morgan fingerprint density at radius 3 is 2.08 bits per heavy atom. The van der Waals surface area contributed by atoms with Gasteiger partial charge in [0.15, 0.2) is 0 Å². The number of nitrogens with one attached hydrogen (secondary N) is 2. The van der Waals surface area contributed by atoms with Gasteiger partial charge < -0.3 is 31.1 Å². The van der Waals surface area contributed by atoms with E-state index in [4.69, 9.17) is 10.5 Å². The summed E-state index contributed by atoms with van der Waals surface area (Å²) < 4.78 is 5.29. The third-order valence-electron chi connectivity index (χ3n) is 6.02. The second kappa shape index (κ2) is 12.3. The molecule has 1 saturated carbocycles. The number of phenolic OH excluding ortho intramolecular Hbond substituents is 1. The topological polar surface area (TPSA) is 151 Å². The lowest BCUT2D eigenvalue weighted by molar-refractivity contribution is -0.149. The highest BCUT2D eigenvalue weighted by Gasteiger charge is 2.42. The van der Waals surface area contributed by atoms with Crippen LogP contribution in [0.3, 0.4) is 0 Å². The first kappa shape index (κ1) is 29.9. The molecule has 37 heavy (non-hydrogen) atoms. The highest BCUT2D eigenvalue weighted by atomic mass is 16.6. The number of amides is 4. The highest BCUT2D eigenvalue weighted by Crippen LogP contribution is 2.32. The predicted molar refractivity (Wildman–Crippen MR) is 139 cm³/mol. The zero-order valence-corrected chi connectivity index (χ0v) is 22.8. The summed E-state index contributed by atoms with van der Waals surface area (Å²) in [5.41, 5.74) is 4.16. The van der Waals surface area contributed by atoms with Crippen molar-refractivity contribution in [3.05, 3.63) is 29.8 Å². The number of benzene rings is 1. The van der Waals surface area contributed by atoms with Crippen LogP contribution in [0.25, 0.3) is 0 Å². The molecule has 0 aliphatic heterocycles. The predicted octanol–water partition coefficient (Wildman–Crippen LogP) is 3.28. The normalized spacial score (nSPS) is 16.3. The Hall–Kier alpha value is -3.30. The summed E-state index contributed by atoms with van der Waals surface area (Å²) in [6, 6.07) is 3.59. The molecule has 10 nitrogen and oxygen atoms in total. The van der Waals surface area contributed by atoms with Gasteiger partial charge in [-0.05, 0) is 72.1 Å². The van der Waals surface area contributed by atoms with Crippen molar-refractivity contribution >= 4 is 23.8 Å². The Kier molecular flexibility index (Phi) is 9.94. The number of hydrogen-bond acceptors (Lipinski definition) is 6. The van der Waals surface area contributed by atoms with Gasteiger partial charge in [-0.1, -0.05) is 31.4 Å². The van der Waals surface area contributed by atoms with Crippen LogP contribution in [-0.2, 0) is 19.1 Å². The van der Waals surface area contributed by atoms with E-state index in [9.17, 15) is 24.3 Å². The van der Waals surface area contributed by atoms with Gasteiger partial charge in [0.05, 0.1) is 6.42 Å². The number of ether oxygens (including phenoxy) is 1. The molecule has 206 valence electrons. The molecule has 4 amide bonds. The first-order valence-corrected chi connectivity index (χ1v) is 12.8. The standard InChI is InChI=1S/C27H42N4O6/c1-26(2,3)31(24(35)20(16-21(28)33)30-25(36)37-27(4,5)6)22(17-12-14-19(32)15-13-17)23(34)29-18-10-8-7-9-11-18/h12-15,18,20,22,32H,7-11,16H2,1-6H3,(H2,28,33)(H,29,34)(H,30,36). The van der Waals surface area contributed by atoms with Crippen LogP contribution in [0.5, 0.6) is 5.75 Å². The van der Waals surface area contributed by atoms with Crippen molar-refractivity contribution in [2.75, 3.05) is 0 Å². The van der Waals surface area contributed by atoms with E-state index < -0.39 is 47.6 Å². The number of rotatable bonds is 8. The van der Waals surface area contributed by atoms with Crippen molar-refractivity contribution < 1.29 is 29.0 Å². The minimum absolute atomic E-state index is 0.0147. The molecule has 2 rings (SSSR count). The van der Waals surface area contributed by atoms with E-state index in [1.54, 1.807) is 53.7 Å². The second-order valence-corrected chi connectivity index (χ2v) is 11.6. The maximum atomic E-state index is 14.0. The average Bonchev–Trinajstić information content (AvgIpc) is 2.75. The number of alkyl carbamates (subject to hydrolysis) is 1.